The van der Waals surface area contributed by atoms with Crippen molar-refractivity contribution in [3.8, 4) is 0 Å². The molecule has 0 aliphatic rings. The fourth-order valence-electron chi connectivity index (χ4n) is 2.09. The van der Waals surface area contributed by atoms with E-state index in [0.717, 1.165) is 17.9 Å². The van der Waals surface area contributed by atoms with Gasteiger partial charge in [-0.05, 0) is 28.6 Å². The molecule has 96 valence electrons. The number of nitrogens with zero attached hydrogens (tertiary/aromatic N) is 1. The van der Waals surface area contributed by atoms with Gasteiger partial charge in [0.15, 0.2) is 0 Å². The lowest BCUT2D eigenvalue weighted by molar-refractivity contribution is 1.05. The van der Waals surface area contributed by atoms with E-state index in [9.17, 15) is 0 Å². The lowest BCUT2D eigenvalue weighted by atomic mass is 10.1. The molecule has 0 aliphatic carbocycles. The average Bonchev–Trinajstić information content (AvgIpc) is 2.94. The molecule has 0 fully saturated rings. The first kappa shape index (κ1) is 12.1. The van der Waals surface area contributed by atoms with Gasteiger partial charge in [0, 0.05) is 29.4 Å². The summed E-state index contributed by atoms with van der Waals surface area (Å²) in [6.07, 6.45) is 1.84. The van der Waals surface area contributed by atoms with E-state index >= 15 is 0 Å². The summed E-state index contributed by atoms with van der Waals surface area (Å²) in [7, 11) is 0. The van der Waals surface area contributed by atoms with Crippen molar-refractivity contribution in [3.63, 3.8) is 0 Å². The van der Waals surface area contributed by atoms with Crippen LogP contribution in [0.3, 0.4) is 0 Å². The van der Waals surface area contributed by atoms with Crippen molar-refractivity contribution in [2.24, 2.45) is 5.73 Å². The summed E-state index contributed by atoms with van der Waals surface area (Å²) in [6, 6.07) is 12.5. The molecule has 2 aromatic heterocycles. The SMILES string of the molecule is NCc1cccc(CNc2nccc3sccc23)c1. The van der Waals surface area contributed by atoms with Crippen LogP contribution in [0.5, 0.6) is 0 Å². The van der Waals surface area contributed by atoms with Crippen LogP contribution in [-0.2, 0) is 13.1 Å². The minimum absolute atomic E-state index is 0.576. The summed E-state index contributed by atoms with van der Waals surface area (Å²) in [4.78, 5) is 4.41. The number of pyridine rings is 1. The van der Waals surface area contributed by atoms with Crippen LogP contribution in [0.4, 0.5) is 5.82 Å². The molecule has 1 aromatic carbocycles. The zero-order valence-corrected chi connectivity index (χ0v) is 11.3. The lowest BCUT2D eigenvalue weighted by Crippen LogP contribution is -2.03. The summed E-state index contributed by atoms with van der Waals surface area (Å²) in [5.74, 6) is 0.942. The smallest absolute Gasteiger partial charge is 0.134 e. The molecule has 3 nitrogen and oxygen atoms in total. The molecule has 3 rings (SSSR count). The minimum atomic E-state index is 0.576. The van der Waals surface area contributed by atoms with Gasteiger partial charge in [-0.3, -0.25) is 0 Å². The molecule has 3 N–H and O–H groups in total. The van der Waals surface area contributed by atoms with Crippen molar-refractivity contribution in [2.75, 3.05) is 5.32 Å². The molecule has 0 saturated carbocycles. The van der Waals surface area contributed by atoms with Crippen molar-refractivity contribution in [1.29, 1.82) is 0 Å². The molecule has 4 heteroatoms. The van der Waals surface area contributed by atoms with Gasteiger partial charge in [-0.15, -0.1) is 11.3 Å². The highest BCUT2D eigenvalue weighted by molar-refractivity contribution is 7.17. The van der Waals surface area contributed by atoms with Gasteiger partial charge in [-0.25, -0.2) is 4.98 Å². The number of nitrogens with one attached hydrogen (secondary N) is 1. The summed E-state index contributed by atoms with van der Waals surface area (Å²) in [5, 5.41) is 6.67. The molecule has 0 unspecified atom stereocenters. The third-order valence-electron chi connectivity index (χ3n) is 3.07. The van der Waals surface area contributed by atoms with Crippen molar-refractivity contribution in [3.05, 3.63) is 59.1 Å². The maximum absolute atomic E-state index is 5.66. The highest BCUT2D eigenvalue weighted by Gasteiger charge is 2.03. The molecule has 19 heavy (non-hydrogen) atoms. The van der Waals surface area contributed by atoms with Gasteiger partial charge >= 0.3 is 0 Å². The summed E-state index contributed by atoms with van der Waals surface area (Å²) in [5.41, 5.74) is 8.03. The van der Waals surface area contributed by atoms with Crippen molar-refractivity contribution in [2.45, 2.75) is 13.1 Å². The molecule has 0 radical (unpaired) electrons. The van der Waals surface area contributed by atoms with Gasteiger partial charge < -0.3 is 11.1 Å². The first-order valence-electron chi connectivity index (χ1n) is 6.21. The Hall–Kier alpha value is -1.91. The number of anilines is 1. The molecule has 2 heterocycles. The Morgan fingerprint density at radius 2 is 2.05 bits per heavy atom. The topological polar surface area (TPSA) is 50.9 Å². The van der Waals surface area contributed by atoms with Crippen LogP contribution in [0.15, 0.2) is 48.0 Å². The number of fused-ring (bicyclic) bond motifs is 1. The number of aromatic nitrogens is 1. The Morgan fingerprint density at radius 3 is 2.95 bits per heavy atom. The molecule has 0 aliphatic heterocycles. The standard InChI is InChI=1S/C15H15N3S/c16-9-11-2-1-3-12(8-11)10-18-15-13-5-7-19-14(13)4-6-17-15/h1-8H,9-10,16H2,(H,17,18). The number of hydrogen-bond acceptors (Lipinski definition) is 4. The quantitative estimate of drug-likeness (QED) is 0.763. The second kappa shape index (κ2) is 5.38. The fourth-order valence-corrected chi connectivity index (χ4v) is 2.87. The van der Waals surface area contributed by atoms with Crippen molar-refractivity contribution >= 4 is 27.2 Å². The van der Waals surface area contributed by atoms with Crippen LogP contribution >= 0.6 is 11.3 Å². The number of rotatable bonds is 4. The Labute approximate surface area is 116 Å². The maximum Gasteiger partial charge on any atom is 0.134 e. The Bertz CT molecular complexity index is 690. The van der Waals surface area contributed by atoms with Gasteiger partial charge in [0.05, 0.1) is 0 Å². The van der Waals surface area contributed by atoms with Crippen LogP contribution in [0.2, 0.25) is 0 Å². The largest absolute Gasteiger partial charge is 0.365 e. The van der Waals surface area contributed by atoms with E-state index < -0.39 is 0 Å². The van der Waals surface area contributed by atoms with Crippen LogP contribution in [-0.4, -0.2) is 4.98 Å². The second-order valence-corrected chi connectivity index (χ2v) is 5.32. The summed E-state index contributed by atoms with van der Waals surface area (Å²) >= 11 is 1.73. The highest BCUT2D eigenvalue weighted by Crippen LogP contribution is 2.26. The van der Waals surface area contributed by atoms with E-state index in [2.05, 4.69) is 33.9 Å². The Morgan fingerprint density at radius 1 is 1.16 bits per heavy atom. The zero-order valence-electron chi connectivity index (χ0n) is 10.5. The fraction of sp³-hybridized carbons (Fsp3) is 0.133. The average molecular weight is 269 g/mol. The zero-order chi connectivity index (χ0) is 13.1. The van der Waals surface area contributed by atoms with E-state index in [1.165, 1.54) is 15.6 Å². The molecular formula is C15H15N3S. The third-order valence-corrected chi connectivity index (χ3v) is 3.95. The van der Waals surface area contributed by atoms with Crippen molar-refractivity contribution in [1.82, 2.24) is 4.98 Å². The third kappa shape index (κ3) is 2.59. The molecule has 0 amide bonds. The summed E-state index contributed by atoms with van der Waals surface area (Å²) < 4.78 is 1.26. The molecule has 0 bridgehead atoms. The number of nitrogens with two attached hydrogens (primary N) is 1. The van der Waals surface area contributed by atoms with E-state index in [-0.39, 0.29) is 0 Å². The van der Waals surface area contributed by atoms with Crippen LogP contribution in [0.1, 0.15) is 11.1 Å². The van der Waals surface area contributed by atoms with Gasteiger partial charge in [0.25, 0.3) is 0 Å². The van der Waals surface area contributed by atoms with Gasteiger partial charge in [-0.1, -0.05) is 24.3 Å². The van der Waals surface area contributed by atoms with Crippen LogP contribution in [0, 0.1) is 0 Å². The minimum Gasteiger partial charge on any atom is -0.365 e. The Balaban J connectivity index is 1.80. The van der Waals surface area contributed by atoms with E-state index in [1.807, 2.05) is 24.4 Å². The molecule has 0 atom stereocenters. The normalized spacial score (nSPS) is 10.8. The summed E-state index contributed by atoms with van der Waals surface area (Å²) in [6.45, 7) is 1.34. The van der Waals surface area contributed by atoms with Crippen molar-refractivity contribution < 1.29 is 0 Å². The first-order chi connectivity index (χ1) is 9.36. The predicted octanol–water partition coefficient (Wildman–Crippen LogP) is 3.37. The molecular weight excluding hydrogens is 254 g/mol. The predicted molar refractivity (Wildman–Crippen MR) is 81.3 cm³/mol. The monoisotopic (exact) mass is 269 g/mol. The maximum atomic E-state index is 5.66. The van der Waals surface area contributed by atoms with E-state index in [4.69, 9.17) is 5.73 Å². The second-order valence-electron chi connectivity index (χ2n) is 4.37. The molecule has 0 spiro atoms. The number of benzene rings is 1. The molecule has 3 aromatic rings. The first-order valence-corrected chi connectivity index (χ1v) is 7.09. The van der Waals surface area contributed by atoms with E-state index in [1.54, 1.807) is 11.3 Å². The molecule has 0 saturated heterocycles. The lowest BCUT2D eigenvalue weighted by Gasteiger charge is -2.08. The van der Waals surface area contributed by atoms with Gasteiger partial charge in [-0.2, -0.15) is 0 Å². The highest BCUT2D eigenvalue weighted by atomic mass is 32.1. The Kier molecular flexibility index (Phi) is 3.44. The van der Waals surface area contributed by atoms with Crippen LogP contribution in [0.25, 0.3) is 10.1 Å². The van der Waals surface area contributed by atoms with Gasteiger partial charge in [0.1, 0.15) is 5.82 Å². The van der Waals surface area contributed by atoms with E-state index in [0.29, 0.717) is 6.54 Å². The van der Waals surface area contributed by atoms with Gasteiger partial charge in [0.2, 0.25) is 0 Å². The van der Waals surface area contributed by atoms with Crippen LogP contribution < -0.4 is 11.1 Å². The number of hydrogen-bond donors (Lipinski definition) is 2. The number of thiophene rings is 1.